The number of urea groups is 1. The highest BCUT2D eigenvalue weighted by molar-refractivity contribution is 7.16. The van der Waals surface area contributed by atoms with Crippen LogP contribution in [0.25, 0.3) is 0 Å². The molecule has 0 unspecified atom stereocenters. The van der Waals surface area contributed by atoms with Crippen molar-refractivity contribution in [3.8, 4) is 0 Å². The topological polar surface area (TPSA) is 87.7 Å². The molecule has 3 N–H and O–H groups in total. The molecule has 0 aliphatic heterocycles. The van der Waals surface area contributed by atoms with Gasteiger partial charge in [-0.05, 0) is 18.9 Å². The first kappa shape index (κ1) is 15.5. The van der Waals surface area contributed by atoms with Crippen molar-refractivity contribution in [3.63, 3.8) is 0 Å². The summed E-state index contributed by atoms with van der Waals surface area (Å²) in [5, 5.41) is 14.7. The lowest BCUT2D eigenvalue weighted by molar-refractivity contribution is 0.0697. The molecular weight excluding hydrogens is 268 g/mol. The molecule has 1 rings (SSSR count). The molecule has 0 aromatic carbocycles. The molecule has 6 nitrogen and oxygen atoms in total. The maximum atomic E-state index is 11.6. The average Bonchev–Trinajstić information content (AvgIpc) is 2.65. The van der Waals surface area contributed by atoms with E-state index in [9.17, 15) is 14.7 Å². The molecule has 0 aliphatic carbocycles. The van der Waals surface area contributed by atoms with Gasteiger partial charge in [0.2, 0.25) is 0 Å². The van der Waals surface area contributed by atoms with Gasteiger partial charge in [0.15, 0.2) is 0 Å². The SMILES string of the molecule is CCc1sc(NC(=O)NCCOC)c(C(=O)O)c1C. The third-order valence-electron chi connectivity index (χ3n) is 2.60. The van der Waals surface area contributed by atoms with Crippen LogP contribution < -0.4 is 10.6 Å². The molecule has 0 fully saturated rings. The number of hydrogen-bond donors (Lipinski definition) is 3. The van der Waals surface area contributed by atoms with Crippen LogP contribution in [0.15, 0.2) is 0 Å². The van der Waals surface area contributed by atoms with E-state index in [4.69, 9.17) is 4.74 Å². The minimum absolute atomic E-state index is 0.170. The second kappa shape index (κ2) is 7.10. The Kier molecular flexibility index (Phi) is 5.78. The fraction of sp³-hybridized carbons (Fsp3) is 0.500. The van der Waals surface area contributed by atoms with Gasteiger partial charge in [-0.2, -0.15) is 0 Å². The van der Waals surface area contributed by atoms with Gasteiger partial charge < -0.3 is 15.2 Å². The van der Waals surface area contributed by atoms with Crippen molar-refractivity contribution < 1.29 is 19.4 Å². The van der Waals surface area contributed by atoms with Crippen LogP contribution in [0, 0.1) is 6.92 Å². The lowest BCUT2D eigenvalue weighted by Gasteiger charge is -2.06. The Morgan fingerprint density at radius 1 is 1.42 bits per heavy atom. The van der Waals surface area contributed by atoms with E-state index in [1.165, 1.54) is 18.4 Å². The number of carbonyl (C=O) groups excluding carboxylic acids is 1. The lowest BCUT2D eigenvalue weighted by atomic mass is 10.1. The lowest BCUT2D eigenvalue weighted by Crippen LogP contribution is -2.31. The van der Waals surface area contributed by atoms with Gasteiger partial charge >= 0.3 is 12.0 Å². The fourth-order valence-corrected chi connectivity index (χ4v) is 2.79. The number of aromatic carboxylic acids is 1. The Hall–Kier alpha value is -1.60. The molecule has 0 atom stereocenters. The van der Waals surface area contributed by atoms with E-state index in [1.54, 1.807) is 6.92 Å². The van der Waals surface area contributed by atoms with E-state index < -0.39 is 12.0 Å². The van der Waals surface area contributed by atoms with E-state index in [-0.39, 0.29) is 5.56 Å². The summed E-state index contributed by atoms with van der Waals surface area (Å²) >= 11 is 1.30. The molecule has 1 aromatic rings. The monoisotopic (exact) mass is 286 g/mol. The molecule has 2 amide bonds. The van der Waals surface area contributed by atoms with Gasteiger partial charge in [-0.15, -0.1) is 11.3 Å². The van der Waals surface area contributed by atoms with Crippen molar-refractivity contribution in [1.29, 1.82) is 0 Å². The first-order valence-corrected chi connectivity index (χ1v) is 6.72. The van der Waals surface area contributed by atoms with E-state index in [0.717, 1.165) is 11.3 Å². The Labute approximate surface area is 115 Å². The number of hydrogen-bond acceptors (Lipinski definition) is 4. The molecule has 1 heterocycles. The molecular formula is C12H18N2O4S. The van der Waals surface area contributed by atoms with E-state index in [0.29, 0.717) is 23.7 Å². The van der Waals surface area contributed by atoms with Gasteiger partial charge in [0, 0.05) is 18.5 Å². The molecule has 106 valence electrons. The highest BCUT2D eigenvalue weighted by atomic mass is 32.1. The molecule has 0 radical (unpaired) electrons. The number of nitrogens with one attached hydrogen (secondary N) is 2. The fourth-order valence-electron chi connectivity index (χ4n) is 1.66. The van der Waals surface area contributed by atoms with Crippen molar-refractivity contribution in [2.75, 3.05) is 25.6 Å². The van der Waals surface area contributed by atoms with Crippen molar-refractivity contribution in [3.05, 3.63) is 16.0 Å². The zero-order valence-corrected chi connectivity index (χ0v) is 12.0. The Morgan fingerprint density at radius 3 is 2.63 bits per heavy atom. The van der Waals surface area contributed by atoms with Crippen LogP contribution in [0.3, 0.4) is 0 Å². The molecule has 0 saturated heterocycles. The second-order valence-corrected chi connectivity index (χ2v) is 4.99. The van der Waals surface area contributed by atoms with Crippen molar-refractivity contribution in [2.24, 2.45) is 0 Å². The number of thiophene rings is 1. The third-order valence-corrected chi connectivity index (χ3v) is 3.95. The third kappa shape index (κ3) is 3.93. The van der Waals surface area contributed by atoms with Crippen LogP contribution in [0.1, 0.15) is 27.7 Å². The largest absolute Gasteiger partial charge is 0.478 e. The number of methoxy groups -OCH3 is 1. The number of carboxylic acids is 1. The predicted molar refractivity (Wildman–Crippen MR) is 74.3 cm³/mol. The molecule has 7 heteroatoms. The van der Waals surface area contributed by atoms with E-state index >= 15 is 0 Å². The predicted octanol–water partition coefficient (Wildman–Crippen LogP) is 2.09. The number of rotatable bonds is 6. The number of anilines is 1. The maximum Gasteiger partial charge on any atom is 0.338 e. The first-order valence-electron chi connectivity index (χ1n) is 5.90. The molecule has 0 saturated carbocycles. The van der Waals surface area contributed by atoms with Crippen LogP contribution in [0.5, 0.6) is 0 Å². The second-order valence-electron chi connectivity index (χ2n) is 3.89. The van der Waals surface area contributed by atoms with Crippen molar-refractivity contribution in [2.45, 2.75) is 20.3 Å². The summed E-state index contributed by atoms with van der Waals surface area (Å²) in [4.78, 5) is 23.8. The van der Waals surface area contributed by atoms with Gasteiger partial charge in [0.25, 0.3) is 0 Å². The number of amides is 2. The summed E-state index contributed by atoms with van der Waals surface area (Å²) in [5.74, 6) is -1.03. The van der Waals surface area contributed by atoms with Gasteiger partial charge in [-0.25, -0.2) is 9.59 Å². The summed E-state index contributed by atoms with van der Waals surface area (Å²) in [5.41, 5.74) is 0.885. The molecule has 1 aromatic heterocycles. The highest BCUT2D eigenvalue weighted by Crippen LogP contribution is 2.33. The number of ether oxygens (including phenoxy) is 1. The van der Waals surface area contributed by atoms with Crippen LogP contribution >= 0.6 is 11.3 Å². The van der Waals surface area contributed by atoms with Crippen LogP contribution in [0.2, 0.25) is 0 Å². The van der Waals surface area contributed by atoms with Crippen LogP contribution in [-0.4, -0.2) is 37.4 Å². The highest BCUT2D eigenvalue weighted by Gasteiger charge is 2.21. The molecule has 19 heavy (non-hydrogen) atoms. The van der Waals surface area contributed by atoms with Gasteiger partial charge in [-0.3, -0.25) is 5.32 Å². The Morgan fingerprint density at radius 2 is 2.11 bits per heavy atom. The molecule has 0 aliphatic rings. The van der Waals surface area contributed by atoms with Crippen molar-refractivity contribution >= 4 is 28.3 Å². The minimum Gasteiger partial charge on any atom is -0.478 e. The summed E-state index contributed by atoms with van der Waals surface area (Å²) < 4.78 is 4.81. The van der Waals surface area contributed by atoms with Gasteiger partial charge in [0.1, 0.15) is 5.00 Å². The zero-order valence-electron chi connectivity index (χ0n) is 11.2. The number of aryl methyl sites for hydroxylation is 1. The van der Waals surface area contributed by atoms with E-state index in [2.05, 4.69) is 10.6 Å². The van der Waals surface area contributed by atoms with Crippen LogP contribution in [0.4, 0.5) is 9.80 Å². The number of carbonyl (C=O) groups is 2. The zero-order chi connectivity index (χ0) is 14.4. The summed E-state index contributed by atoms with van der Waals surface area (Å²) in [6.07, 6.45) is 0.740. The van der Waals surface area contributed by atoms with Crippen molar-refractivity contribution in [1.82, 2.24) is 5.32 Å². The summed E-state index contributed by atoms with van der Waals surface area (Å²) in [6, 6.07) is -0.427. The maximum absolute atomic E-state index is 11.6. The minimum atomic E-state index is -1.03. The summed E-state index contributed by atoms with van der Waals surface area (Å²) in [7, 11) is 1.54. The van der Waals surface area contributed by atoms with E-state index in [1.807, 2.05) is 6.92 Å². The Bertz CT molecular complexity index is 471. The average molecular weight is 286 g/mol. The quantitative estimate of drug-likeness (QED) is 0.699. The smallest absolute Gasteiger partial charge is 0.338 e. The normalized spacial score (nSPS) is 10.3. The van der Waals surface area contributed by atoms with Gasteiger partial charge in [0.05, 0.1) is 12.2 Å². The van der Waals surface area contributed by atoms with Crippen LogP contribution in [-0.2, 0) is 11.2 Å². The molecule has 0 spiro atoms. The van der Waals surface area contributed by atoms with Gasteiger partial charge in [-0.1, -0.05) is 6.92 Å². The Balaban J connectivity index is 2.82. The number of carboxylic acid groups (broad SMARTS) is 1. The summed E-state index contributed by atoms with van der Waals surface area (Å²) in [6.45, 7) is 4.48. The first-order chi connectivity index (χ1) is 9.01. The molecule has 0 bridgehead atoms. The standard InChI is InChI=1S/C12H18N2O4S/c1-4-8-7(2)9(11(15)16)10(19-8)14-12(17)13-5-6-18-3/h4-6H2,1-3H3,(H,15,16)(H2,13,14,17).